The summed E-state index contributed by atoms with van der Waals surface area (Å²) in [7, 11) is 6.09. The first-order valence-corrected chi connectivity index (χ1v) is 6.08. The highest BCUT2D eigenvalue weighted by Gasteiger charge is 2.14. The van der Waals surface area contributed by atoms with Crippen molar-refractivity contribution in [2.24, 2.45) is 7.05 Å². The van der Waals surface area contributed by atoms with Crippen LogP contribution in [-0.4, -0.2) is 28.5 Å². The van der Waals surface area contributed by atoms with Crippen molar-refractivity contribution in [3.63, 3.8) is 0 Å². The summed E-state index contributed by atoms with van der Waals surface area (Å²) in [5, 5.41) is 8.73. The number of aryl methyl sites for hydroxylation is 1. The van der Waals surface area contributed by atoms with Crippen LogP contribution >= 0.6 is 0 Å². The van der Waals surface area contributed by atoms with Gasteiger partial charge in [-0.2, -0.15) is 5.26 Å². The van der Waals surface area contributed by atoms with E-state index in [1.54, 1.807) is 0 Å². The number of nitrogens with zero attached hydrogens (tertiary/aromatic N) is 4. The van der Waals surface area contributed by atoms with E-state index in [2.05, 4.69) is 34.2 Å². The molecule has 0 N–H and O–H groups in total. The minimum atomic E-state index is 0.274. The van der Waals surface area contributed by atoms with Crippen LogP contribution in [0.3, 0.4) is 0 Å². The summed E-state index contributed by atoms with van der Waals surface area (Å²) in [6.07, 6.45) is 3.25. The number of imidazole rings is 1. The second kappa shape index (κ2) is 5.19. The molecule has 18 heavy (non-hydrogen) atoms. The summed E-state index contributed by atoms with van der Waals surface area (Å²) in [5.41, 5.74) is 3.37. The van der Waals surface area contributed by atoms with E-state index in [9.17, 15) is 0 Å². The van der Waals surface area contributed by atoms with Gasteiger partial charge in [-0.05, 0) is 38.2 Å². The van der Waals surface area contributed by atoms with Crippen LogP contribution in [0, 0.1) is 11.3 Å². The minimum absolute atomic E-state index is 0.274. The lowest BCUT2D eigenvalue weighted by molar-refractivity contribution is 0.286. The molecule has 94 valence electrons. The monoisotopic (exact) mass is 242 g/mol. The molecular weight excluding hydrogens is 224 g/mol. The molecule has 1 aromatic carbocycles. The van der Waals surface area contributed by atoms with Crippen molar-refractivity contribution in [1.29, 1.82) is 5.26 Å². The second-order valence-corrected chi connectivity index (χ2v) is 4.78. The summed E-state index contributed by atoms with van der Waals surface area (Å²) >= 11 is 0. The molecule has 0 fully saturated rings. The van der Waals surface area contributed by atoms with Gasteiger partial charge in [0.25, 0.3) is 0 Å². The maximum absolute atomic E-state index is 8.73. The molecular formula is C14H18N4. The quantitative estimate of drug-likeness (QED) is 0.827. The Bertz CT molecular complexity index is 577. The standard InChI is InChI=1S/C14H18N4/c1-17(2)13(5-4-8-15)11-6-7-14-12(9-11)16-10-18(14)3/h6-7,9-10,13H,4-5H2,1-3H3. The normalized spacial score (nSPS) is 12.8. The van der Waals surface area contributed by atoms with Crippen LogP contribution in [0.4, 0.5) is 0 Å². The number of hydrogen-bond acceptors (Lipinski definition) is 3. The van der Waals surface area contributed by atoms with Crippen LogP contribution in [0.2, 0.25) is 0 Å². The lowest BCUT2D eigenvalue weighted by Crippen LogP contribution is -2.19. The lowest BCUT2D eigenvalue weighted by atomic mass is 10.0. The molecule has 0 aliphatic carbocycles. The Balaban J connectivity index is 2.35. The fraction of sp³-hybridized carbons (Fsp3) is 0.429. The van der Waals surface area contributed by atoms with Gasteiger partial charge in [0.15, 0.2) is 0 Å². The highest BCUT2D eigenvalue weighted by molar-refractivity contribution is 5.76. The van der Waals surface area contributed by atoms with Crippen molar-refractivity contribution >= 4 is 11.0 Å². The van der Waals surface area contributed by atoms with Crippen LogP contribution in [0.25, 0.3) is 11.0 Å². The third-order valence-corrected chi connectivity index (χ3v) is 3.29. The molecule has 0 amide bonds. The van der Waals surface area contributed by atoms with E-state index in [0.717, 1.165) is 17.5 Å². The van der Waals surface area contributed by atoms with Crippen molar-refractivity contribution in [2.45, 2.75) is 18.9 Å². The van der Waals surface area contributed by atoms with Crippen molar-refractivity contribution in [3.8, 4) is 6.07 Å². The largest absolute Gasteiger partial charge is 0.334 e. The Morgan fingerprint density at radius 2 is 2.22 bits per heavy atom. The Kier molecular flexibility index (Phi) is 3.63. The predicted octanol–water partition coefficient (Wildman–Crippen LogP) is 2.48. The Labute approximate surface area is 107 Å². The molecule has 0 radical (unpaired) electrons. The molecule has 0 saturated heterocycles. The number of nitriles is 1. The number of benzene rings is 1. The fourth-order valence-electron chi connectivity index (χ4n) is 2.28. The van der Waals surface area contributed by atoms with Gasteiger partial charge in [0, 0.05) is 19.5 Å². The molecule has 0 bridgehead atoms. The lowest BCUT2D eigenvalue weighted by Gasteiger charge is -2.23. The molecule has 4 heteroatoms. The zero-order valence-corrected chi connectivity index (χ0v) is 11.1. The molecule has 0 aliphatic rings. The van der Waals surface area contributed by atoms with Crippen molar-refractivity contribution in [2.75, 3.05) is 14.1 Å². The van der Waals surface area contributed by atoms with Crippen LogP contribution < -0.4 is 0 Å². The number of hydrogen-bond donors (Lipinski definition) is 0. The maximum atomic E-state index is 8.73. The van der Waals surface area contributed by atoms with Crippen LogP contribution in [0.1, 0.15) is 24.4 Å². The highest BCUT2D eigenvalue weighted by Crippen LogP contribution is 2.26. The highest BCUT2D eigenvalue weighted by atomic mass is 15.1. The molecule has 0 saturated carbocycles. The third-order valence-electron chi connectivity index (χ3n) is 3.29. The summed E-state index contributed by atoms with van der Waals surface area (Å²) in [5.74, 6) is 0. The first kappa shape index (κ1) is 12.6. The molecule has 4 nitrogen and oxygen atoms in total. The van der Waals surface area contributed by atoms with Gasteiger partial charge in [-0.25, -0.2) is 4.98 Å². The zero-order valence-electron chi connectivity index (χ0n) is 11.1. The Hall–Kier alpha value is -1.86. The van der Waals surface area contributed by atoms with E-state index in [1.807, 2.05) is 32.0 Å². The Morgan fingerprint density at radius 1 is 1.44 bits per heavy atom. The molecule has 0 spiro atoms. The van der Waals surface area contributed by atoms with E-state index in [1.165, 1.54) is 5.56 Å². The van der Waals surface area contributed by atoms with E-state index < -0.39 is 0 Å². The van der Waals surface area contributed by atoms with Crippen LogP contribution in [0.15, 0.2) is 24.5 Å². The van der Waals surface area contributed by atoms with Crippen LogP contribution in [-0.2, 0) is 7.05 Å². The van der Waals surface area contributed by atoms with Crippen molar-refractivity contribution < 1.29 is 0 Å². The van der Waals surface area contributed by atoms with Crippen molar-refractivity contribution in [1.82, 2.24) is 14.5 Å². The number of rotatable bonds is 4. The molecule has 1 aromatic heterocycles. The van der Waals surface area contributed by atoms with Gasteiger partial charge in [-0.1, -0.05) is 6.07 Å². The topological polar surface area (TPSA) is 44.9 Å². The average molecular weight is 242 g/mol. The molecule has 1 unspecified atom stereocenters. The van der Waals surface area contributed by atoms with Gasteiger partial charge in [0.2, 0.25) is 0 Å². The van der Waals surface area contributed by atoms with Gasteiger partial charge in [0.05, 0.1) is 23.4 Å². The maximum Gasteiger partial charge on any atom is 0.0955 e. The smallest absolute Gasteiger partial charge is 0.0955 e. The predicted molar refractivity (Wildman–Crippen MR) is 72.0 cm³/mol. The van der Waals surface area contributed by atoms with E-state index in [4.69, 9.17) is 5.26 Å². The number of aromatic nitrogens is 2. The Morgan fingerprint density at radius 3 is 2.89 bits per heavy atom. The zero-order chi connectivity index (χ0) is 13.1. The molecule has 2 aromatic rings. The average Bonchev–Trinajstić information content (AvgIpc) is 2.71. The van der Waals surface area contributed by atoms with Gasteiger partial charge in [-0.3, -0.25) is 0 Å². The summed E-state index contributed by atoms with van der Waals surface area (Å²) < 4.78 is 2.01. The second-order valence-electron chi connectivity index (χ2n) is 4.78. The fourth-order valence-corrected chi connectivity index (χ4v) is 2.28. The minimum Gasteiger partial charge on any atom is -0.334 e. The molecule has 2 rings (SSSR count). The van der Waals surface area contributed by atoms with Crippen molar-refractivity contribution in [3.05, 3.63) is 30.1 Å². The van der Waals surface area contributed by atoms with Crippen LogP contribution in [0.5, 0.6) is 0 Å². The van der Waals surface area contributed by atoms with Gasteiger partial charge in [-0.15, -0.1) is 0 Å². The summed E-state index contributed by atoms with van der Waals surface area (Å²) in [6.45, 7) is 0. The third kappa shape index (κ3) is 2.36. The first-order valence-electron chi connectivity index (χ1n) is 6.08. The van der Waals surface area contributed by atoms with Gasteiger partial charge < -0.3 is 9.47 Å². The molecule has 1 atom stereocenters. The summed E-state index contributed by atoms with van der Waals surface area (Å²) in [6, 6.07) is 8.84. The van der Waals surface area contributed by atoms with E-state index in [-0.39, 0.29) is 6.04 Å². The SMILES string of the molecule is CN(C)C(CCC#N)c1ccc2c(c1)ncn2C. The van der Waals surface area contributed by atoms with E-state index in [0.29, 0.717) is 6.42 Å². The van der Waals surface area contributed by atoms with E-state index >= 15 is 0 Å². The first-order chi connectivity index (χ1) is 8.63. The summed E-state index contributed by atoms with van der Waals surface area (Å²) in [4.78, 5) is 6.53. The van der Waals surface area contributed by atoms with Gasteiger partial charge in [0.1, 0.15) is 0 Å². The molecule has 1 heterocycles. The van der Waals surface area contributed by atoms with Gasteiger partial charge >= 0.3 is 0 Å². The number of fused-ring (bicyclic) bond motifs is 1. The molecule has 0 aliphatic heterocycles.